The third kappa shape index (κ3) is 4.40. The number of nitrogens with zero attached hydrogens (tertiary/aromatic N) is 1. The zero-order chi connectivity index (χ0) is 21.8. The van der Waals surface area contributed by atoms with Gasteiger partial charge in [0.1, 0.15) is 22.8 Å². The number of hydrogen-bond acceptors (Lipinski definition) is 6. The summed E-state index contributed by atoms with van der Waals surface area (Å²) in [6.07, 6.45) is 1.37. The van der Waals surface area contributed by atoms with E-state index in [4.69, 9.17) is 9.47 Å². The molecule has 0 radical (unpaired) electrons. The summed E-state index contributed by atoms with van der Waals surface area (Å²) in [6, 6.07) is 8.55. The van der Waals surface area contributed by atoms with Crippen LogP contribution in [0.25, 0.3) is 6.08 Å². The summed E-state index contributed by atoms with van der Waals surface area (Å²) in [5, 5.41) is 11.9. The summed E-state index contributed by atoms with van der Waals surface area (Å²) in [6.45, 7) is 4.31. The molecule has 30 heavy (non-hydrogen) atoms. The number of urea groups is 1. The number of imide groups is 2. The molecule has 2 N–H and O–H groups in total. The molecule has 1 heterocycles. The largest absolute Gasteiger partial charge is 0.507 e. The van der Waals surface area contributed by atoms with Crippen molar-refractivity contribution in [2.24, 2.45) is 0 Å². The lowest BCUT2D eigenvalue weighted by Gasteiger charge is -2.28. The summed E-state index contributed by atoms with van der Waals surface area (Å²) in [7, 11) is 0. The van der Waals surface area contributed by atoms with E-state index in [0.717, 1.165) is 4.90 Å². The first-order valence-corrected chi connectivity index (χ1v) is 10.2. The van der Waals surface area contributed by atoms with Gasteiger partial charge in [0.25, 0.3) is 11.8 Å². The predicted molar refractivity (Wildman–Crippen MR) is 119 cm³/mol. The number of hydrogen-bond donors (Lipinski definition) is 2. The Morgan fingerprint density at radius 2 is 1.80 bits per heavy atom. The highest BCUT2D eigenvalue weighted by Crippen LogP contribution is 2.35. The monoisotopic (exact) mass is 522 g/mol. The van der Waals surface area contributed by atoms with Crippen molar-refractivity contribution in [2.45, 2.75) is 13.8 Å². The summed E-state index contributed by atoms with van der Waals surface area (Å²) >= 11 is 1.94. The van der Waals surface area contributed by atoms with Crippen LogP contribution in [0.15, 0.2) is 42.0 Å². The van der Waals surface area contributed by atoms with Crippen LogP contribution in [0.4, 0.5) is 10.5 Å². The van der Waals surface area contributed by atoms with Gasteiger partial charge in [0.15, 0.2) is 0 Å². The number of benzene rings is 2. The average molecular weight is 522 g/mol. The number of amides is 4. The second-order valence-electron chi connectivity index (χ2n) is 6.16. The summed E-state index contributed by atoms with van der Waals surface area (Å²) in [4.78, 5) is 38.9. The maximum atomic E-state index is 13.2. The van der Waals surface area contributed by atoms with Crippen molar-refractivity contribution >= 4 is 52.2 Å². The topological polar surface area (TPSA) is 105 Å². The number of phenolic OH excluding ortho intramolecular Hbond substituents is 1. The summed E-state index contributed by atoms with van der Waals surface area (Å²) in [5.41, 5.74) is 0.474. The van der Waals surface area contributed by atoms with Crippen LogP contribution in [0.1, 0.15) is 19.4 Å². The fraction of sp³-hybridized carbons (Fsp3) is 0.190. The number of carbonyl (C=O) groups is 3. The van der Waals surface area contributed by atoms with Crippen LogP contribution < -0.4 is 19.7 Å². The molecule has 1 saturated heterocycles. The molecule has 0 unspecified atom stereocenters. The standard InChI is InChI=1S/C21H19IN2O6/c1-3-29-13-6-8-18(30-4-2)16(11-13)24-20(27)14(19(26)23-21(24)28)9-12-5-7-17(25)15(22)10-12/h5-11,25H,3-4H2,1-2H3,(H,23,26,28)/b14-9+. The van der Waals surface area contributed by atoms with Gasteiger partial charge in [-0.3, -0.25) is 14.9 Å². The number of aromatic hydroxyl groups is 1. The molecule has 0 bridgehead atoms. The molecule has 8 nitrogen and oxygen atoms in total. The van der Waals surface area contributed by atoms with Crippen molar-refractivity contribution < 1.29 is 29.0 Å². The van der Waals surface area contributed by atoms with Crippen LogP contribution in [0.3, 0.4) is 0 Å². The Labute approximate surface area is 186 Å². The highest BCUT2D eigenvalue weighted by atomic mass is 127. The number of phenols is 1. The molecule has 1 aliphatic rings. The number of ether oxygens (including phenoxy) is 2. The molecule has 4 amide bonds. The lowest BCUT2D eigenvalue weighted by molar-refractivity contribution is -0.122. The fourth-order valence-corrected chi connectivity index (χ4v) is 3.40. The van der Waals surface area contributed by atoms with Gasteiger partial charge in [-0.15, -0.1) is 0 Å². The number of barbiturate groups is 1. The second-order valence-corrected chi connectivity index (χ2v) is 7.33. The highest BCUT2D eigenvalue weighted by Gasteiger charge is 2.38. The van der Waals surface area contributed by atoms with E-state index < -0.39 is 17.8 Å². The fourth-order valence-electron chi connectivity index (χ4n) is 2.86. The lowest BCUT2D eigenvalue weighted by atomic mass is 10.1. The second kappa shape index (κ2) is 9.16. The van der Waals surface area contributed by atoms with Crippen LogP contribution >= 0.6 is 22.6 Å². The maximum Gasteiger partial charge on any atom is 0.336 e. The van der Waals surface area contributed by atoms with Gasteiger partial charge in [0.2, 0.25) is 0 Å². The van der Waals surface area contributed by atoms with E-state index in [1.165, 1.54) is 18.2 Å². The van der Waals surface area contributed by atoms with Gasteiger partial charge in [-0.25, -0.2) is 9.69 Å². The molecule has 0 aliphatic carbocycles. The van der Waals surface area contributed by atoms with E-state index in [-0.39, 0.29) is 17.0 Å². The van der Waals surface area contributed by atoms with E-state index >= 15 is 0 Å². The van der Waals surface area contributed by atoms with Gasteiger partial charge < -0.3 is 14.6 Å². The minimum atomic E-state index is -0.878. The normalized spacial score (nSPS) is 15.4. The van der Waals surface area contributed by atoms with Gasteiger partial charge in [0, 0.05) is 6.07 Å². The summed E-state index contributed by atoms with van der Waals surface area (Å²) in [5.74, 6) is -0.753. The summed E-state index contributed by atoms with van der Waals surface area (Å²) < 4.78 is 11.6. The molecule has 1 fully saturated rings. The van der Waals surface area contributed by atoms with Crippen LogP contribution in [0, 0.1) is 3.57 Å². The molecule has 1 aliphatic heterocycles. The quantitative estimate of drug-likeness (QED) is 0.342. The van der Waals surface area contributed by atoms with Crippen molar-refractivity contribution in [2.75, 3.05) is 18.1 Å². The number of rotatable bonds is 6. The third-order valence-corrected chi connectivity index (χ3v) is 5.03. The Bertz CT molecular complexity index is 1050. The number of anilines is 1. The molecule has 0 spiro atoms. The third-order valence-electron chi connectivity index (χ3n) is 4.17. The minimum Gasteiger partial charge on any atom is -0.507 e. The van der Waals surface area contributed by atoms with Gasteiger partial charge >= 0.3 is 6.03 Å². The molecule has 3 rings (SSSR count). The van der Waals surface area contributed by atoms with Crippen molar-refractivity contribution in [3.8, 4) is 17.2 Å². The first-order chi connectivity index (χ1) is 14.3. The van der Waals surface area contributed by atoms with E-state index in [9.17, 15) is 19.5 Å². The van der Waals surface area contributed by atoms with Gasteiger partial charge in [-0.05, 0) is 72.3 Å². The SMILES string of the molecule is CCOc1ccc(OCC)c(N2C(=O)NC(=O)/C(=C\c3ccc(O)c(I)c3)C2=O)c1. The Morgan fingerprint density at radius 1 is 1.07 bits per heavy atom. The molecule has 0 atom stereocenters. The van der Waals surface area contributed by atoms with Crippen molar-refractivity contribution in [1.29, 1.82) is 0 Å². The first kappa shape index (κ1) is 21.6. The van der Waals surface area contributed by atoms with Crippen molar-refractivity contribution in [3.63, 3.8) is 0 Å². The molecule has 2 aromatic carbocycles. The Kier molecular flexibility index (Phi) is 6.60. The Balaban J connectivity index is 2.07. The van der Waals surface area contributed by atoms with E-state index in [0.29, 0.717) is 33.8 Å². The van der Waals surface area contributed by atoms with Gasteiger partial charge in [0.05, 0.1) is 22.5 Å². The minimum absolute atomic E-state index is 0.0862. The molecular formula is C21H19IN2O6. The van der Waals surface area contributed by atoms with Gasteiger partial charge in [-0.2, -0.15) is 0 Å². The molecule has 2 aromatic rings. The van der Waals surface area contributed by atoms with Crippen molar-refractivity contribution in [1.82, 2.24) is 5.32 Å². The van der Waals surface area contributed by atoms with E-state index in [2.05, 4.69) is 5.32 Å². The number of carbonyl (C=O) groups excluding carboxylic acids is 3. The average Bonchev–Trinajstić information content (AvgIpc) is 2.70. The smallest absolute Gasteiger partial charge is 0.336 e. The van der Waals surface area contributed by atoms with E-state index in [1.807, 2.05) is 29.5 Å². The lowest BCUT2D eigenvalue weighted by Crippen LogP contribution is -2.54. The van der Waals surface area contributed by atoms with Crippen LogP contribution in [-0.4, -0.2) is 36.2 Å². The Hall–Kier alpha value is -3.08. The maximum absolute atomic E-state index is 13.2. The van der Waals surface area contributed by atoms with Crippen LogP contribution in [-0.2, 0) is 9.59 Å². The molecular weight excluding hydrogens is 503 g/mol. The van der Waals surface area contributed by atoms with Crippen molar-refractivity contribution in [3.05, 3.63) is 51.1 Å². The first-order valence-electron chi connectivity index (χ1n) is 9.15. The van der Waals surface area contributed by atoms with Crippen LogP contribution in [0.2, 0.25) is 0 Å². The predicted octanol–water partition coefficient (Wildman–Crippen LogP) is 3.46. The molecule has 156 valence electrons. The zero-order valence-corrected chi connectivity index (χ0v) is 18.4. The number of nitrogens with one attached hydrogen (secondary N) is 1. The molecule has 0 saturated carbocycles. The van der Waals surface area contributed by atoms with E-state index in [1.54, 1.807) is 31.2 Å². The molecule has 0 aromatic heterocycles. The highest BCUT2D eigenvalue weighted by molar-refractivity contribution is 14.1. The van der Waals surface area contributed by atoms with Gasteiger partial charge in [-0.1, -0.05) is 6.07 Å². The zero-order valence-electron chi connectivity index (χ0n) is 16.3. The van der Waals surface area contributed by atoms with Crippen LogP contribution in [0.5, 0.6) is 17.2 Å². The number of halogens is 1. The Morgan fingerprint density at radius 3 is 2.47 bits per heavy atom. The molecule has 9 heteroatoms.